The Balaban J connectivity index is 2.13. The van der Waals surface area contributed by atoms with Crippen LogP contribution in [-0.2, 0) is 6.42 Å². The SMILES string of the molecule is NC(Cc1ccc(Cl)c(F)c1)c1ccc(I)cc1. The van der Waals surface area contributed by atoms with E-state index < -0.39 is 5.82 Å². The molecule has 0 saturated heterocycles. The molecule has 18 heavy (non-hydrogen) atoms. The lowest BCUT2D eigenvalue weighted by Crippen LogP contribution is -2.13. The summed E-state index contributed by atoms with van der Waals surface area (Å²) in [5.74, 6) is -0.399. The van der Waals surface area contributed by atoms with Crippen molar-refractivity contribution < 1.29 is 4.39 Å². The molecule has 0 aromatic heterocycles. The van der Waals surface area contributed by atoms with E-state index in [1.165, 1.54) is 9.64 Å². The number of hydrogen-bond acceptors (Lipinski definition) is 1. The lowest BCUT2D eigenvalue weighted by atomic mass is 10.00. The zero-order valence-electron chi connectivity index (χ0n) is 9.54. The third-order valence-corrected chi connectivity index (χ3v) is 3.76. The van der Waals surface area contributed by atoms with Crippen LogP contribution in [0, 0.1) is 9.39 Å². The van der Waals surface area contributed by atoms with E-state index in [9.17, 15) is 4.39 Å². The zero-order chi connectivity index (χ0) is 13.1. The average Bonchev–Trinajstić information content (AvgIpc) is 2.34. The van der Waals surface area contributed by atoms with E-state index in [4.69, 9.17) is 17.3 Å². The summed E-state index contributed by atoms with van der Waals surface area (Å²) >= 11 is 7.89. The molecule has 0 aliphatic heterocycles. The molecular formula is C14H12ClFIN. The second-order valence-corrected chi connectivity index (χ2v) is 5.76. The van der Waals surface area contributed by atoms with Gasteiger partial charge in [0.1, 0.15) is 5.82 Å². The van der Waals surface area contributed by atoms with Crippen molar-refractivity contribution in [3.63, 3.8) is 0 Å². The van der Waals surface area contributed by atoms with Gasteiger partial charge in [-0.2, -0.15) is 0 Å². The Morgan fingerprint density at radius 2 is 1.83 bits per heavy atom. The summed E-state index contributed by atoms with van der Waals surface area (Å²) in [7, 11) is 0. The minimum Gasteiger partial charge on any atom is -0.324 e. The third-order valence-electron chi connectivity index (χ3n) is 2.74. The number of rotatable bonds is 3. The van der Waals surface area contributed by atoms with Gasteiger partial charge in [0.25, 0.3) is 0 Å². The molecule has 0 heterocycles. The van der Waals surface area contributed by atoms with Crippen molar-refractivity contribution in [1.82, 2.24) is 0 Å². The van der Waals surface area contributed by atoms with Crippen molar-refractivity contribution in [2.45, 2.75) is 12.5 Å². The van der Waals surface area contributed by atoms with E-state index in [0.29, 0.717) is 6.42 Å². The molecule has 1 nitrogen and oxygen atoms in total. The fraction of sp³-hybridized carbons (Fsp3) is 0.143. The van der Waals surface area contributed by atoms with Crippen molar-refractivity contribution >= 4 is 34.2 Å². The molecule has 4 heteroatoms. The molecule has 0 amide bonds. The Kier molecular flexibility index (Phi) is 4.59. The average molecular weight is 376 g/mol. The zero-order valence-corrected chi connectivity index (χ0v) is 12.5. The Morgan fingerprint density at radius 1 is 1.17 bits per heavy atom. The molecule has 0 spiro atoms. The molecule has 0 bridgehead atoms. The second kappa shape index (κ2) is 5.99. The van der Waals surface area contributed by atoms with Crippen molar-refractivity contribution in [2.75, 3.05) is 0 Å². The number of nitrogens with two attached hydrogens (primary N) is 1. The molecule has 1 unspecified atom stereocenters. The Hall–Kier alpha value is -0.650. The maximum Gasteiger partial charge on any atom is 0.142 e. The first-order chi connectivity index (χ1) is 8.56. The van der Waals surface area contributed by atoms with Crippen LogP contribution in [0.5, 0.6) is 0 Å². The van der Waals surface area contributed by atoms with Crippen LogP contribution < -0.4 is 5.73 Å². The molecule has 94 valence electrons. The van der Waals surface area contributed by atoms with Crippen LogP contribution in [-0.4, -0.2) is 0 Å². The largest absolute Gasteiger partial charge is 0.324 e. The first-order valence-electron chi connectivity index (χ1n) is 5.51. The van der Waals surface area contributed by atoms with Crippen LogP contribution >= 0.6 is 34.2 Å². The van der Waals surface area contributed by atoms with Crippen molar-refractivity contribution in [3.8, 4) is 0 Å². The minimum absolute atomic E-state index is 0.137. The van der Waals surface area contributed by atoms with Gasteiger partial charge >= 0.3 is 0 Å². The van der Waals surface area contributed by atoms with Crippen LogP contribution in [0.1, 0.15) is 17.2 Å². The number of halogens is 3. The van der Waals surface area contributed by atoms with E-state index in [0.717, 1.165) is 11.1 Å². The topological polar surface area (TPSA) is 26.0 Å². The van der Waals surface area contributed by atoms with E-state index in [-0.39, 0.29) is 11.1 Å². The van der Waals surface area contributed by atoms with Gasteiger partial charge in [0.05, 0.1) is 5.02 Å². The van der Waals surface area contributed by atoms with Gasteiger partial charge in [0.15, 0.2) is 0 Å². The van der Waals surface area contributed by atoms with Gasteiger partial charge < -0.3 is 5.73 Å². The maximum atomic E-state index is 13.3. The van der Waals surface area contributed by atoms with Crippen LogP contribution in [0.2, 0.25) is 5.02 Å². The molecule has 2 aromatic rings. The van der Waals surface area contributed by atoms with Crippen molar-refractivity contribution in [1.29, 1.82) is 0 Å². The fourth-order valence-corrected chi connectivity index (χ4v) is 2.23. The highest BCUT2D eigenvalue weighted by atomic mass is 127. The normalized spacial score (nSPS) is 12.4. The van der Waals surface area contributed by atoms with E-state index in [1.54, 1.807) is 12.1 Å². The van der Waals surface area contributed by atoms with Gasteiger partial charge in [-0.1, -0.05) is 29.8 Å². The fourth-order valence-electron chi connectivity index (χ4n) is 1.75. The molecule has 0 radical (unpaired) electrons. The number of hydrogen-bond donors (Lipinski definition) is 1. The first-order valence-corrected chi connectivity index (χ1v) is 6.97. The van der Waals surface area contributed by atoms with E-state index in [1.807, 2.05) is 24.3 Å². The summed E-state index contributed by atoms with van der Waals surface area (Å²) in [5.41, 5.74) is 8.00. The van der Waals surface area contributed by atoms with Gasteiger partial charge in [0.2, 0.25) is 0 Å². The summed E-state index contributed by atoms with van der Waals surface area (Å²) in [4.78, 5) is 0. The summed E-state index contributed by atoms with van der Waals surface area (Å²) in [6.45, 7) is 0. The van der Waals surface area contributed by atoms with Crippen LogP contribution in [0.4, 0.5) is 4.39 Å². The maximum absolute atomic E-state index is 13.3. The molecule has 0 aliphatic rings. The standard InChI is InChI=1S/C14H12ClFIN/c15-12-6-1-9(7-13(12)16)8-14(18)10-2-4-11(17)5-3-10/h1-7,14H,8,18H2. The smallest absolute Gasteiger partial charge is 0.142 e. The molecule has 0 fully saturated rings. The molecule has 2 aromatic carbocycles. The highest BCUT2D eigenvalue weighted by Crippen LogP contribution is 2.21. The van der Waals surface area contributed by atoms with Crippen molar-refractivity contribution in [3.05, 3.63) is 68.0 Å². The summed E-state index contributed by atoms with van der Waals surface area (Å²) in [6, 6.07) is 12.7. The molecule has 0 aliphatic carbocycles. The predicted octanol–water partition coefficient (Wildman–Crippen LogP) is 4.33. The van der Waals surface area contributed by atoms with Gasteiger partial charge in [-0.3, -0.25) is 0 Å². The monoisotopic (exact) mass is 375 g/mol. The van der Waals surface area contributed by atoms with Gasteiger partial charge in [-0.15, -0.1) is 0 Å². The Labute approximate surface area is 124 Å². The molecular weight excluding hydrogens is 364 g/mol. The van der Waals surface area contributed by atoms with E-state index in [2.05, 4.69) is 22.6 Å². The molecule has 0 saturated carbocycles. The second-order valence-electron chi connectivity index (χ2n) is 4.11. The first kappa shape index (κ1) is 13.8. The Morgan fingerprint density at radius 3 is 2.44 bits per heavy atom. The third kappa shape index (κ3) is 3.43. The van der Waals surface area contributed by atoms with Gasteiger partial charge in [0, 0.05) is 9.61 Å². The van der Waals surface area contributed by atoms with Gasteiger partial charge in [-0.25, -0.2) is 4.39 Å². The van der Waals surface area contributed by atoms with Crippen molar-refractivity contribution in [2.24, 2.45) is 5.73 Å². The molecule has 1 atom stereocenters. The van der Waals surface area contributed by atoms with E-state index >= 15 is 0 Å². The highest BCUT2D eigenvalue weighted by Gasteiger charge is 2.08. The summed E-state index contributed by atoms with van der Waals surface area (Å²) in [5, 5.41) is 0.140. The molecule has 2 N–H and O–H groups in total. The lowest BCUT2D eigenvalue weighted by molar-refractivity contribution is 0.622. The number of benzene rings is 2. The van der Waals surface area contributed by atoms with Crippen LogP contribution in [0.25, 0.3) is 0 Å². The predicted molar refractivity (Wildman–Crippen MR) is 81.2 cm³/mol. The summed E-state index contributed by atoms with van der Waals surface area (Å²) < 4.78 is 14.5. The van der Waals surface area contributed by atoms with Crippen LogP contribution in [0.3, 0.4) is 0 Å². The lowest BCUT2D eigenvalue weighted by Gasteiger charge is -2.12. The summed E-state index contributed by atoms with van der Waals surface area (Å²) in [6.07, 6.45) is 0.592. The van der Waals surface area contributed by atoms with Gasteiger partial charge in [-0.05, 0) is 64.4 Å². The Bertz CT molecular complexity index is 542. The highest BCUT2D eigenvalue weighted by molar-refractivity contribution is 14.1. The quantitative estimate of drug-likeness (QED) is 0.794. The minimum atomic E-state index is -0.399. The van der Waals surface area contributed by atoms with Crippen LogP contribution in [0.15, 0.2) is 42.5 Å². The molecule has 2 rings (SSSR count).